The smallest absolute Gasteiger partial charge is 0.0386 e. The van der Waals surface area contributed by atoms with Crippen LogP contribution < -0.4 is 0 Å². The lowest BCUT2D eigenvalue weighted by Gasteiger charge is -2.42. The molecule has 11 unspecified atom stereocenters. The molecule has 0 saturated heterocycles. The van der Waals surface area contributed by atoms with Crippen LogP contribution in [-0.4, -0.2) is 0 Å². The Morgan fingerprint density at radius 3 is 0.967 bits per heavy atom. The lowest BCUT2D eigenvalue weighted by Crippen LogP contribution is -2.35. The van der Waals surface area contributed by atoms with Gasteiger partial charge in [0.2, 0.25) is 0 Å². The van der Waals surface area contributed by atoms with Crippen LogP contribution in [0.2, 0.25) is 0 Å². The summed E-state index contributed by atoms with van der Waals surface area (Å²) in [4.78, 5) is 0. The van der Waals surface area contributed by atoms with Gasteiger partial charge >= 0.3 is 0 Å². The molecule has 0 aromatic heterocycles. The quantitative estimate of drug-likeness (QED) is 0.230. The van der Waals surface area contributed by atoms with Crippen molar-refractivity contribution in [2.24, 2.45) is 71.0 Å². The third-order valence-corrected chi connectivity index (χ3v) is 10.7. The SMILES string of the molecule is CCCCCC(C)C(C)C(C)C(C)C(C)C(C)C(C)C(C)C(C)C(C)C(C)C(C)C. The zero-order valence-electron chi connectivity index (χ0n) is 23.8. The van der Waals surface area contributed by atoms with Gasteiger partial charge in [-0.1, -0.05) is 123 Å². The molecule has 0 heterocycles. The summed E-state index contributed by atoms with van der Waals surface area (Å²) < 4.78 is 0. The molecule has 0 N–H and O–H groups in total. The first kappa shape index (κ1) is 30.0. The summed E-state index contributed by atoms with van der Waals surface area (Å²) in [5.74, 6) is 9.57. The van der Waals surface area contributed by atoms with E-state index in [1.54, 1.807) is 0 Å². The van der Waals surface area contributed by atoms with Gasteiger partial charge in [0.15, 0.2) is 0 Å². The Bertz CT molecular complexity index is 424. The van der Waals surface area contributed by atoms with Crippen LogP contribution in [0.25, 0.3) is 0 Å². The first-order valence-electron chi connectivity index (χ1n) is 13.8. The molecule has 0 bridgehead atoms. The van der Waals surface area contributed by atoms with Crippen LogP contribution in [0.15, 0.2) is 0 Å². The standard InChI is InChI=1S/C30H62/c1-15-16-17-18-20(4)22(6)24(8)26(10)28(12)30(14)29(13)27(11)25(9)23(7)21(5)19(2)3/h19-30H,15-18H2,1-14H3. The van der Waals surface area contributed by atoms with Crippen molar-refractivity contribution in [3.63, 3.8) is 0 Å². The third kappa shape index (κ3) is 8.50. The van der Waals surface area contributed by atoms with Crippen LogP contribution in [0.3, 0.4) is 0 Å². The molecule has 0 saturated carbocycles. The van der Waals surface area contributed by atoms with Gasteiger partial charge < -0.3 is 0 Å². The van der Waals surface area contributed by atoms with Crippen molar-refractivity contribution >= 4 is 0 Å². The Morgan fingerprint density at radius 2 is 0.667 bits per heavy atom. The van der Waals surface area contributed by atoms with Crippen LogP contribution in [0, 0.1) is 71.0 Å². The van der Waals surface area contributed by atoms with E-state index in [1.165, 1.54) is 25.7 Å². The zero-order valence-corrected chi connectivity index (χ0v) is 23.8. The van der Waals surface area contributed by atoms with E-state index in [1.807, 2.05) is 0 Å². The predicted molar refractivity (Wildman–Crippen MR) is 140 cm³/mol. The maximum Gasteiger partial charge on any atom is -0.0386 e. The van der Waals surface area contributed by atoms with Gasteiger partial charge in [-0.25, -0.2) is 0 Å². The zero-order chi connectivity index (χ0) is 23.8. The van der Waals surface area contributed by atoms with Crippen LogP contribution in [0.4, 0.5) is 0 Å². The van der Waals surface area contributed by atoms with E-state index in [-0.39, 0.29) is 0 Å². The minimum absolute atomic E-state index is 0.781. The molecule has 0 aliphatic heterocycles. The molecule has 0 spiro atoms. The summed E-state index contributed by atoms with van der Waals surface area (Å²) in [7, 11) is 0. The first-order chi connectivity index (χ1) is 13.8. The fourth-order valence-electron chi connectivity index (χ4n) is 5.94. The summed E-state index contributed by atoms with van der Waals surface area (Å²) in [6, 6.07) is 0. The molecule has 30 heavy (non-hydrogen) atoms. The average Bonchev–Trinajstić information content (AvgIpc) is 2.73. The van der Waals surface area contributed by atoms with E-state index in [4.69, 9.17) is 0 Å². The molecule has 0 aromatic carbocycles. The molecular formula is C30H62. The maximum absolute atomic E-state index is 2.55. The van der Waals surface area contributed by atoms with E-state index in [0.29, 0.717) is 0 Å². The molecule has 0 radical (unpaired) electrons. The normalized spacial score (nSPS) is 23.7. The van der Waals surface area contributed by atoms with Crippen molar-refractivity contribution < 1.29 is 0 Å². The number of hydrogen-bond acceptors (Lipinski definition) is 0. The topological polar surface area (TPSA) is 0 Å². The van der Waals surface area contributed by atoms with Gasteiger partial charge in [-0.05, 0) is 71.0 Å². The minimum Gasteiger partial charge on any atom is -0.0654 e. The molecule has 0 aromatic rings. The molecule has 0 rings (SSSR count). The monoisotopic (exact) mass is 422 g/mol. The predicted octanol–water partition coefficient (Wildman–Crippen LogP) is 10.2. The van der Waals surface area contributed by atoms with E-state index in [2.05, 4.69) is 96.9 Å². The fraction of sp³-hybridized carbons (Fsp3) is 1.00. The Labute approximate surface area is 193 Å². The third-order valence-electron chi connectivity index (χ3n) is 10.7. The molecule has 0 aliphatic carbocycles. The lowest BCUT2D eigenvalue weighted by atomic mass is 9.64. The van der Waals surface area contributed by atoms with Gasteiger partial charge in [-0.2, -0.15) is 0 Å². The highest BCUT2D eigenvalue weighted by Crippen LogP contribution is 2.42. The molecule has 0 aliphatic rings. The highest BCUT2D eigenvalue weighted by atomic mass is 14.4. The van der Waals surface area contributed by atoms with Gasteiger partial charge in [0.05, 0.1) is 0 Å². The van der Waals surface area contributed by atoms with Crippen LogP contribution in [-0.2, 0) is 0 Å². The second kappa shape index (κ2) is 14.2. The molecule has 0 fully saturated rings. The largest absolute Gasteiger partial charge is 0.0654 e. The van der Waals surface area contributed by atoms with Crippen molar-refractivity contribution in [3.8, 4) is 0 Å². The number of unbranched alkanes of at least 4 members (excludes halogenated alkanes) is 2. The first-order valence-corrected chi connectivity index (χ1v) is 13.8. The van der Waals surface area contributed by atoms with Crippen molar-refractivity contribution in [1.29, 1.82) is 0 Å². The van der Waals surface area contributed by atoms with E-state index in [0.717, 1.165) is 71.0 Å². The Balaban J connectivity index is 5.00. The minimum atomic E-state index is 0.781. The molecule has 11 atom stereocenters. The Hall–Kier alpha value is 0. The molecule has 0 nitrogen and oxygen atoms in total. The Kier molecular flexibility index (Phi) is 14.2. The van der Waals surface area contributed by atoms with Gasteiger partial charge in [-0.3, -0.25) is 0 Å². The summed E-state index contributed by atoms with van der Waals surface area (Å²) in [6.07, 6.45) is 5.56. The van der Waals surface area contributed by atoms with Crippen LogP contribution in [0.5, 0.6) is 0 Å². The Morgan fingerprint density at radius 1 is 0.367 bits per heavy atom. The second-order valence-corrected chi connectivity index (χ2v) is 12.3. The van der Waals surface area contributed by atoms with Gasteiger partial charge in [0.25, 0.3) is 0 Å². The summed E-state index contributed by atoms with van der Waals surface area (Å²) in [6.45, 7) is 34.9. The van der Waals surface area contributed by atoms with Gasteiger partial charge in [-0.15, -0.1) is 0 Å². The van der Waals surface area contributed by atoms with E-state index < -0.39 is 0 Å². The summed E-state index contributed by atoms with van der Waals surface area (Å²) in [5.41, 5.74) is 0. The van der Waals surface area contributed by atoms with Gasteiger partial charge in [0, 0.05) is 0 Å². The van der Waals surface area contributed by atoms with Crippen LogP contribution >= 0.6 is 0 Å². The second-order valence-electron chi connectivity index (χ2n) is 12.3. The van der Waals surface area contributed by atoms with Crippen LogP contribution in [0.1, 0.15) is 123 Å². The number of rotatable bonds is 15. The van der Waals surface area contributed by atoms with E-state index >= 15 is 0 Å². The fourth-order valence-corrected chi connectivity index (χ4v) is 5.94. The van der Waals surface area contributed by atoms with Gasteiger partial charge in [0.1, 0.15) is 0 Å². The molecular weight excluding hydrogens is 360 g/mol. The van der Waals surface area contributed by atoms with Crippen molar-refractivity contribution in [3.05, 3.63) is 0 Å². The average molecular weight is 423 g/mol. The lowest BCUT2D eigenvalue weighted by molar-refractivity contribution is 0.0691. The summed E-state index contributed by atoms with van der Waals surface area (Å²) >= 11 is 0. The molecule has 0 heteroatoms. The molecule has 0 amide bonds. The van der Waals surface area contributed by atoms with E-state index in [9.17, 15) is 0 Å². The number of hydrogen-bond donors (Lipinski definition) is 0. The van der Waals surface area contributed by atoms with Crippen molar-refractivity contribution in [2.75, 3.05) is 0 Å². The summed E-state index contributed by atoms with van der Waals surface area (Å²) in [5, 5.41) is 0. The molecule has 182 valence electrons. The highest BCUT2D eigenvalue weighted by Gasteiger charge is 2.35. The van der Waals surface area contributed by atoms with Crippen molar-refractivity contribution in [2.45, 2.75) is 123 Å². The maximum atomic E-state index is 2.55. The van der Waals surface area contributed by atoms with Crippen molar-refractivity contribution in [1.82, 2.24) is 0 Å². The highest BCUT2D eigenvalue weighted by molar-refractivity contribution is 4.84.